The molecule has 0 radical (unpaired) electrons. The number of ether oxygens (including phenoxy) is 1. The maximum absolute atomic E-state index is 13.1. The Morgan fingerprint density at radius 1 is 1.42 bits per heavy atom. The van der Waals surface area contributed by atoms with Crippen LogP contribution < -0.4 is 0 Å². The van der Waals surface area contributed by atoms with Crippen molar-refractivity contribution < 1.29 is 23.4 Å². The van der Waals surface area contributed by atoms with E-state index in [1.807, 2.05) is 0 Å². The lowest BCUT2D eigenvalue weighted by Crippen LogP contribution is -2.52. The molecule has 1 aliphatic heterocycles. The Kier molecular flexibility index (Phi) is 4.11. The number of hydrogen-bond acceptors (Lipinski definition) is 3. The highest BCUT2D eigenvalue weighted by Crippen LogP contribution is 2.17. The first kappa shape index (κ1) is 13.9. The highest BCUT2D eigenvalue weighted by Gasteiger charge is 2.30. The van der Waals surface area contributed by atoms with Crippen LogP contribution in [-0.2, 0) is 4.74 Å². The third-order valence-electron chi connectivity index (χ3n) is 3.08. The smallest absolute Gasteiger partial charge is 0.254 e. The maximum atomic E-state index is 13.1. The molecule has 1 amide bonds. The van der Waals surface area contributed by atoms with Gasteiger partial charge < -0.3 is 14.7 Å². The molecule has 2 atom stereocenters. The minimum Gasteiger partial charge on any atom is -0.394 e. The number of nitrogens with zero attached hydrogens (tertiary/aromatic N) is 1. The lowest BCUT2D eigenvalue weighted by atomic mass is 10.1. The molecule has 1 heterocycles. The highest BCUT2D eigenvalue weighted by atomic mass is 19.1. The normalized spacial score (nSPS) is 23.5. The monoisotopic (exact) mass is 271 g/mol. The van der Waals surface area contributed by atoms with E-state index < -0.39 is 23.6 Å². The number of morpholine rings is 1. The summed E-state index contributed by atoms with van der Waals surface area (Å²) in [6, 6.07) is 2.51. The number of aliphatic hydroxyl groups is 1. The van der Waals surface area contributed by atoms with E-state index in [4.69, 9.17) is 9.84 Å². The van der Waals surface area contributed by atoms with Gasteiger partial charge in [-0.15, -0.1) is 0 Å². The Hall–Kier alpha value is -1.53. The van der Waals surface area contributed by atoms with Gasteiger partial charge in [0.25, 0.3) is 5.91 Å². The van der Waals surface area contributed by atoms with Crippen molar-refractivity contribution in [2.75, 3.05) is 19.8 Å². The largest absolute Gasteiger partial charge is 0.394 e. The molecule has 0 bridgehead atoms. The third-order valence-corrected chi connectivity index (χ3v) is 3.08. The standard InChI is InChI=1S/C13H15F2NO3/c1-8-7-19-12(6-17)5-16(8)13(18)9-2-10(14)4-11(15)3-9/h2-4,8,12,17H,5-7H2,1H3. The zero-order valence-corrected chi connectivity index (χ0v) is 10.5. The van der Waals surface area contributed by atoms with Crippen LogP contribution in [0.5, 0.6) is 0 Å². The van der Waals surface area contributed by atoms with Gasteiger partial charge in [-0.25, -0.2) is 8.78 Å². The summed E-state index contributed by atoms with van der Waals surface area (Å²) in [7, 11) is 0. The molecule has 1 aliphatic rings. The molecule has 1 N–H and O–H groups in total. The average molecular weight is 271 g/mol. The summed E-state index contributed by atoms with van der Waals surface area (Å²) in [4.78, 5) is 13.7. The fraction of sp³-hybridized carbons (Fsp3) is 0.462. The number of carbonyl (C=O) groups excluding carboxylic acids is 1. The number of benzene rings is 1. The van der Waals surface area contributed by atoms with Crippen LogP contribution >= 0.6 is 0 Å². The molecular formula is C13H15F2NO3. The minimum absolute atomic E-state index is 0.0389. The summed E-state index contributed by atoms with van der Waals surface area (Å²) in [5.74, 6) is -2.04. The molecule has 2 rings (SSSR count). The Bertz CT molecular complexity index is 461. The van der Waals surface area contributed by atoms with E-state index in [9.17, 15) is 13.6 Å². The lowest BCUT2D eigenvalue weighted by molar-refractivity contribution is -0.0667. The average Bonchev–Trinajstić information content (AvgIpc) is 2.37. The van der Waals surface area contributed by atoms with E-state index in [2.05, 4.69) is 0 Å². The number of hydrogen-bond donors (Lipinski definition) is 1. The van der Waals surface area contributed by atoms with E-state index in [1.54, 1.807) is 6.92 Å². The highest BCUT2D eigenvalue weighted by molar-refractivity contribution is 5.94. The summed E-state index contributed by atoms with van der Waals surface area (Å²) in [6.07, 6.45) is -0.460. The van der Waals surface area contributed by atoms with Gasteiger partial charge in [0.15, 0.2) is 0 Å². The maximum Gasteiger partial charge on any atom is 0.254 e. The Balaban J connectivity index is 2.21. The second-order valence-corrected chi connectivity index (χ2v) is 4.60. The predicted octanol–water partition coefficient (Wildman–Crippen LogP) is 1.19. The summed E-state index contributed by atoms with van der Waals surface area (Å²) >= 11 is 0. The van der Waals surface area contributed by atoms with Gasteiger partial charge in [-0.1, -0.05) is 0 Å². The van der Waals surface area contributed by atoms with Crippen LogP contribution in [0, 0.1) is 11.6 Å². The van der Waals surface area contributed by atoms with Gasteiger partial charge in [0.05, 0.1) is 25.4 Å². The van der Waals surface area contributed by atoms with Crippen LogP contribution in [0.15, 0.2) is 18.2 Å². The summed E-state index contributed by atoms with van der Waals surface area (Å²) in [5.41, 5.74) is -0.0389. The molecule has 104 valence electrons. The topological polar surface area (TPSA) is 49.8 Å². The van der Waals surface area contributed by atoms with Gasteiger partial charge in [-0.05, 0) is 19.1 Å². The zero-order valence-electron chi connectivity index (χ0n) is 10.5. The van der Waals surface area contributed by atoms with E-state index >= 15 is 0 Å². The SMILES string of the molecule is CC1COC(CO)CN1C(=O)c1cc(F)cc(F)c1. The van der Waals surface area contributed by atoms with Gasteiger partial charge in [0.2, 0.25) is 0 Å². The van der Waals surface area contributed by atoms with Crippen LogP contribution in [0.2, 0.25) is 0 Å². The lowest BCUT2D eigenvalue weighted by Gasteiger charge is -2.37. The molecular weight excluding hydrogens is 256 g/mol. The minimum atomic E-state index is -0.789. The van der Waals surface area contributed by atoms with Crippen LogP contribution in [0.4, 0.5) is 8.78 Å². The van der Waals surface area contributed by atoms with E-state index in [-0.39, 0.29) is 31.4 Å². The van der Waals surface area contributed by atoms with Crippen molar-refractivity contribution in [2.45, 2.75) is 19.1 Å². The third kappa shape index (κ3) is 3.08. The van der Waals surface area contributed by atoms with E-state index in [0.29, 0.717) is 0 Å². The van der Waals surface area contributed by atoms with Crippen molar-refractivity contribution in [2.24, 2.45) is 0 Å². The molecule has 4 nitrogen and oxygen atoms in total. The first-order chi connectivity index (χ1) is 9.01. The Morgan fingerprint density at radius 3 is 2.63 bits per heavy atom. The molecule has 0 aromatic heterocycles. The van der Waals surface area contributed by atoms with Crippen molar-refractivity contribution in [3.05, 3.63) is 35.4 Å². The molecule has 6 heteroatoms. The summed E-state index contributed by atoms with van der Waals surface area (Å²) in [5, 5.41) is 9.05. The molecule has 1 fully saturated rings. The van der Waals surface area contributed by atoms with Gasteiger partial charge in [-0.2, -0.15) is 0 Å². The van der Waals surface area contributed by atoms with Crippen molar-refractivity contribution in [3.8, 4) is 0 Å². The van der Waals surface area contributed by atoms with Crippen molar-refractivity contribution in [1.29, 1.82) is 0 Å². The fourth-order valence-electron chi connectivity index (χ4n) is 2.05. The first-order valence-corrected chi connectivity index (χ1v) is 6.00. The first-order valence-electron chi connectivity index (χ1n) is 6.00. The predicted molar refractivity (Wildman–Crippen MR) is 63.7 cm³/mol. The van der Waals surface area contributed by atoms with Crippen LogP contribution in [-0.4, -0.2) is 47.8 Å². The van der Waals surface area contributed by atoms with Crippen molar-refractivity contribution >= 4 is 5.91 Å². The fourth-order valence-corrected chi connectivity index (χ4v) is 2.05. The molecule has 0 spiro atoms. The molecule has 19 heavy (non-hydrogen) atoms. The van der Waals surface area contributed by atoms with Crippen molar-refractivity contribution in [3.63, 3.8) is 0 Å². The number of halogens is 2. The van der Waals surface area contributed by atoms with Gasteiger partial charge in [-0.3, -0.25) is 4.79 Å². The van der Waals surface area contributed by atoms with Gasteiger partial charge in [0.1, 0.15) is 11.6 Å². The van der Waals surface area contributed by atoms with Crippen LogP contribution in [0.3, 0.4) is 0 Å². The molecule has 2 unspecified atom stereocenters. The van der Waals surface area contributed by atoms with Crippen LogP contribution in [0.25, 0.3) is 0 Å². The van der Waals surface area contributed by atoms with Crippen molar-refractivity contribution in [1.82, 2.24) is 4.90 Å². The molecule has 1 saturated heterocycles. The van der Waals surface area contributed by atoms with Gasteiger partial charge in [0, 0.05) is 18.2 Å². The van der Waals surface area contributed by atoms with Crippen LogP contribution in [0.1, 0.15) is 17.3 Å². The molecule has 0 aliphatic carbocycles. The number of aliphatic hydroxyl groups excluding tert-OH is 1. The quantitative estimate of drug-likeness (QED) is 0.879. The molecule has 1 aromatic carbocycles. The molecule has 0 saturated carbocycles. The summed E-state index contributed by atoms with van der Waals surface area (Å²) in [6.45, 7) is 2.07. The summed E-state index contributed by atoms with van der Waals surface area (Å²) < 4.78 is 31.6. The Labute approximate surface area is 109 Å². The number of carbonyl (C=O) groups is 1. The van der Waals surface area contributed by atoms with E-state index in [1.165, 1.54) is 4.90 Å². The second kappa shape index (κ2) is 5.63. The van der Waals surface area contributed by atoms with E-state index in [0.717, 1.165) is 18.2 Å². The zero-order chi connectivity index (χ0) is 14.0. The Morgan fingerprint density at radius 2 is 2.05 bits per heavy atom. The number of rotatable bonds is 2. The number of amides is 1. The molecule has 1 aromatic rings. The van der Waals surface area contributed by atoms with Gasteiger partial charge >= 0.3 is 0 Å². The second-order valence-electron chi connectivity index (χ2n) is 4.60.